The monoisotopic (exact) mass is 225 g/mol. The van der Waals surface area contributed by atoms with Crippen molar-refractivity contribution >= 4 is 17.3 Å². The van der Waals surface area contributed by atoms with Crippen LogP contribution < -0.4 is 4.90 Å². The second-order valence-corrected chi connectivity index (χ2v) is 4.53. The smallest absolute Gasteiger partial charge is 0.129 e. The molecule has 1 aromatic rings. The first-order valence-corrected chi connectivity index (χ1v) is 5.57. The zero-order valence-electron chi connectivity index (χ0n) is 9.15. The predicted octanol–water partition coefficient (Wildman–Crippen LogP) is 1.88. The molecule has 1 atom stereocenters. The maximum absolute atomic E-state index is 5.75. The van der Waals surface area contributed by atoms with Crippen molar-refractivity contribution in [1.29, 1.82) is 0 Å². The van der Waals surface area contributed by atoms with Crippen LogP contribution in [0.5, 0.6) is 0 Å². The molecule has 1 saturated heterocycles. The predicted molar refractivity (Wildman–Crippen MR) is 63.6 cm³/mol. The molecule has 4 heteroatoms. The molecule has 2 rings (SSSR count). The maximum atomic E-state index is 5.75. The van der Waals surface area contributed by atoms with E-state index in [9.17, 15) is 0 Å². The second kappa shape index (κ2) is 4.37. The topological polar surface area (TPSA) is 19.4 Å². The number of aromatic nitrogens is 1. The summed E-state index contributed by atoms with van der Waals surface area (Å²) in [7, 11) is 4.26. The standard InChI is InChI=1S/C11H16ClN3/c1-14-6-5-10(14)8-15(2)9-3-4-11(12)13-7-9/h3-4,7,10H,5-6,8H2,1-2H3/t10-/m0/s1. The van der Waals surface area contributed by atoms with Gasteiger partial charge < -0.3 is 9.80 Å². The third kappa shape index (κ3) is 2.41. The maximum Gasteiger partial charge on any atom is 0.129 e. The number of hydrogen-bond donors (Lipinski definition) is 0. The summed E-state index contributed by atoms with van der Waals surface area (Å²) in [6.45, 7) is 2.27. The zero-order valence-corrected chi connectivity index (χ0v) is 9.91. The SMILES string of the molecule is CN(C[C@@H]1CCN1C)c1ccc(Cl)nc1. The number of anilines is 1. The number of hydrogen-bond acceptors (Lipinski definition) is 3. The molecule has 1 aromatic heterocycles. The number of likely N-dealkylation sites (tertiary alicyclic amines) is 1. The van der Waals surface area contributed by atoms with Crippen molar-refractivity contribution in [3.8, 4) is 0 Å². The lowest BCUT2D eigenvalue weighted by Crippen LogP contribution is -2.50. The summed E-state index contributed by atoms with van der Waals surface area (Å²) in [5, 5.41) is 0.549. The van der Waals surface area contributed by atoms with Gasteiger partial charge in [-0.1, -0.05) is 11.6 Å². The van der Waals surface area contributed by atoms with Crippen molar-refractivity contribution in [2.45, 2.75) is 12.5 Å². The van der Waals surface area contributed by atoms with Gasteiger partial charge in [-0.3, -0.25) is 0 Å². The molecular formula is C11H16ClN3. The molecule has 15 heavy (non-hydrogen) atoms. The van der Waals surface area contributed by atoms with Crippen molar-refractivity contribution in [3.63, 3.8) is 0 Å². The summed E-state index contributed by atoms with van der Waals surface area (Å²) in [6.07, 6.45) is 3.11. The van der Waals surface area contributed by atoms with Gasteiger partial charge in [0.05, 0.1) is 11.9 Å². The molecule has 0 bridgehead atoms. The van der Waals surface area contributed by atoms with Crippen LogP contribution in [0.3, 0.4) is 0 Å². The Kier molecular flexibility index (Phi) is 3.12. The van der Waals surface area contributed by atoms with Gasteiger partial charge in [-0.15, -0.1) is 0 Å². The van der Waals surface area contributed by atoms with E-state index in [1.54, 1.807) is 0 Å². The van der Waals surface area contributed by atoms with Crippen LogP contribution in [0, 0.1) is 0 Å². The fourth-order valence-corrected chi connectivity index (χ4v) is 1.93. The quantitative estimate of drug-likeness (QED) is 0.733. The third-order valence-corrected chi connectivity index (χ3v) is 3.30. The lowest BCUT2D eigenvalue weighted by atomic mass is 10.0. The number of nitrogens with zero attached hydrogens (tertiary/aromatic N) is 3. The summed E-state index contributed by atoms with van der Waals surface area (Å²) in [6, 6.07) is 4.52. The molecule has 0 saturated carbocycles. The van der Waals surface area contributed by atoms with Crippen LogP contribution in [0.4, 0.5) is 5.69 Å². The number of halogens is 1. The largest absolute Gasteiger partial charge is 0.372 e. The Morgan fingerprint density at radius 2 is 2.40 bits per heavy atom. The van der Waals surface area contributed by atoms with E-state index < -0.39 is 0 Å². The van der Waals surface area contributed by atoms with E-state index in [1.807, 2.05) is 18.3 Å². The van der Waals surface area contributed by atoms with Crippen LogP contribution in [0.15, 0.2) is 18.3 Å². The Morgan fingerprint density at radius 1 is 1.60 bits per heavy atom. The van der Waals surface area contributed by atoms with Crippen molar-refractivity contribution < 1.29 is 0 Å². The average Bonchev–Trinajstić information content (AvgIpc) is 2.24. The Labute approximate surface area is 95.7 Å². The van der Waals surface area contributed by atoms with Gasteiger partial charge in [0, 0.05) is 19.6 Å². The molecule has 0 unspecified atom stereocenters. The average molecular weight is 226 g/mol. The van der Waals surface area contributed by atoms with Crippen LogP contribution in [-0.4, -0.2) is 43.1 Å². The fourth-order valence-electron chi connectivity index (χ4n) is 1.82. The highest BCUT2D eigenvalue weighted by Crippen LogP contribution is 2.19. The molecule has 0 N–H and O–H groups in total. The van der Waals surface area contributed by atoms with E-state index in [1.165, 1.54) is 13.0 Å². The van der Waals surface area contributed by atoms with Gasteiger partial charge in [-0.2, -0.15) is 0 Å². The molecular weight excluding hydrogens is 210 g/mol. The molecule has 0 radical (unpaired) electrons. The van der Waals surface area contributed by atoms with Crippen molar-refractivity contribution in [2.75, 3.05) is 32.1 Å². The Hall–Kier alpha value is -0.800. The summed E-state index contributed by atoms with van der Waals surface area (Å²) in [5.74, 6) is 0. The molecule has 1 aliphatic heterocycles. The zero-order chi connectivity index (χ0) is 10.8. The number of pyridine rings is 1. The first-order chi connectivity index (χ1) is 7.16. The van der Waals surface area contributed by atoms with Crippen molar-refractivity contribution in [2.24, 2.45) is 0 Å². The first kappa shape index (κ1) is 10.7. The van der Waals surface area contributed by atoms with Crippen LogP contribution in [0.25, 0.3) is 0 Å². The van der Waals surface area contributed by atoms with Gasteiger partial charge in [-0.05, 0) is 32.1 Å². The molecule has 1 fully saturated rings. The van der Waals surface area contributed by atoms with Gasteiger partial charge in [0.1, 0.15) is 5.15 Å². The van der Waals surface area contributed by atoms with Gasteiger partial charge in [0.2, 0.25) is 0 Å². The van der Waals surface area contributed by atoms with Gasteiger partial charge >= 0.3 is 0 Å². The van der Waals surface area contributed by atoms with Crippen molar-refractivity contribution in [3.05, 3.63) is 23.5 Å². The minimum Gasteiger partial charge on any atom is -0.372 e. The molecule has 82 valence electrons. The first-order valence-electron chi connectivity index (χ1n) is 5.20. The van der Waals surface area contributed by atoms with Crippen LogP contribution in [0.2, 0.25) is 5.15 Å². The van der Waals surface area contributed by atoms with Crippen LogP contribution in [0.1, 0.15) is 6.42 Å². The van der Waals surface area contributed by atoms with Gasteiger partial charge in [0.25, 0.3) is 0 Å². The number of likely N-dealkylation sites (N-methyl/N-ethyl adjacent to an activating group) is 2. The highest BCUT2D eigenvalue weighted by Gasteiger charge is 2.25. The Balaban J connectivity index is 1.95. The molecule has 3 nitrogen and oxygen atoms in total. The van der Waals surface area contributed by atoms with E-state index in [0.29, 0.717) is 11.2 Å². The minimum absolute atomic E-state index is 0.549. The third-order valence-electron chi connectivity index (χ3n) is 3.08. The molecule has 1 aliphatic rings. The van der Waals surface area contributed by atoms with Crippen molar-refractivity contribution in [1.82, 2.24) is 9.88 Å². The van der Waals surface area contributed by atoms with E-state index in [2.05, 4.69) is 28.9 Å². The summed E-state index contributed by atoms with van der Waals surface area (Å²) < 4.78 is 0. The highest BCUT2D eigenvalue weighted by molar-refractivity contribution is 6.29. The molecule has 0 aromatic carbocycles. The van der Waals surface area contributed by atoms with E-state index in [0.717, 1.165) is 12.2 Å². The lowest BCUT2D eigenvalue weighted by Gasteiger charge is -2.40. The molecule has 0 aliphatic carbocycles. The lowest BCUT2D eigenvalue weighted by molar-refractivity contribution is 0.132. The van der Waals surface area contributed by atoms with E-state index in [4.69, 9.17) is 11.6 Å². The van der Waals surface area contributed by atoms with Crippen LogP contribution in [-0.2, 0) is 0 Å². The number of rotatable bonds is 3. The van der Waals surface area contributed by atoms with E-state index in [-0.39, 0.29) is 0 Å². The summed E-state index contributed by atoms with van der Waals surface area (Å²) in [5.41, 5.74) is 1.12. The summed E-state index contributed by atoms with van der Waals surface area (Å²) >= 11 is 5.75. The highest BCUT2D eigenvalue weighted by atomic mass is 35.5. The van der Waals surface area contributed by atoms with Crippen LogP contribution >= 0.6 is 11.6 Å². The normalized spacial score (nSPS) is 21.1. The molecule has 0 spiro atoms. The Bertz CT molecular complexity index is 325. The Morgan fingerprint density at radius 3 is 2.87 bits per heavy atom. The van der Waals surface area contributed by atoms with Gasteiger partial charge in [-0.25, -0.2) is 4.98 Å². The van der Waals surface area contributed by atoms with E-state index >= 15 is 0 Å². The molecule has 2 heterocycles. The van der Waals surface area contributed by atoms with Gasteiger partial charge in [0.15, 0.2) is 0 Å². The molecule has 0 amide bonds. The summed E-state index contributed by atoms with van der Waals surface area (Å²) in [4.78, 5) is 8.68. The second-order valence-electron chi connectivity index (χ2n) is 4.14. The fraction of sp³-hybridized carbons (Fsp3) is 0.545. The minimum atomic E-state index is 0.549.